The molecule has 0 aliphatic carbocycles. The van der Waals surface area contributed by atoms with Gasteiger partial charge in [-0.3, -0.25) is 24.3 Å². The third-order valence-electron chi connectivity index (χ3n) is 8.30. The van der Waals surface area contributed by atoms with E-state index in [4.69, 9.17) is 9.15 Å². The Hall–Kier alpha value is -3.47. The highest BCUT2D eigenvalue weighted by molar-refractivity contribution is 5.25. The first-order valence-electron chi connectivity index (χ1n) is 14.0. The van der Waals surface area contributed by atoms with Crippen LogP contribution in [0.15, 0.2) is 62.5 Å². The third kappa shape index (κ3) is 5.99. The molecule has 2 saturated heterocycles. The number of halogens is 1. The molecule has 0 saturated carbocycles. The van der Waals surface area contributed by atoms with Crippen molar-refractivity contribution < 1.29 is 18.7 Å². The van der Waals surface area contributed by atoms with Gasteiger partial charge in [0.1, 0.15) is 23.9 Å². The maximum Gasteiger partial charge on any atom is 0.250 e. The minimum Gasteiger partial charge on any atom is -0.502 e. The van der Waals surface area contributed by atoms with E-state index in [2.05, 4.69) is 14.7 Å². The number of piperazine rings is 1. The van der Waals surface area contributed by atoms with Crippen LogP contribution in [0.25, 0.3) is 0 Å². The van der Waals surface area contributed by atoms with Crippen LogP contribution in [0.2, 0.25) is 0 Å². The summed E-state index contributed by atoms with van der Waals surface area (Å²) >= 11 is 0. The molecule has 0 radical (unpaired) electrons. The standard InChI is InChI=1S/C30H35FN4O5/c31-23-4-6-24(7-5-23)39-13-12-32-8-10-33(11-9-32)20-28-30(38)27(36)15-25(40-28)19-34-16-21-14-22(18-34)26-2-1-3-29(37)35(26)17-21/h1-7,15,21-22,38H,8-14,16-20H2. The summed E-state index contributed by atoms with van der Waals surface area (Å²) in [5.41, 5.74) is 0.735. The maximum absolute atomic E-state index is 13.0. The van der Waals surface area contributed by atoms with Crippen molar-refractivity contribution in [3.05, 3.63) is 92.1 Å². The number of hydrogen-bond acceptors (Lipinski definition) is 8. The van der Waals surface area contributed by atoms with Crippen LogP contribution >= 0.6 is 0 Å². The average molecular weight is 551 g/mol. The van der Waals surface area contributed by atoms with E-state index in [1.165, 1.54) is 18.2 Å². The van der Waals surface area contributed by atoms with Crippen molar-refractivity contribution in [2.75, 3.05) is 52.4 Å². The number of benzene rings is 1. The number of aromatic nitrogens is 1. The number of rotatable bonds is 8. The predicted octanol–water partition coefficient (Wildman–Crippen LogP) is 2.46. The summed E-state index contributed by atoms with van der Waals surface area (Å²) in [7, 11) is 0. The largest absolute Gasteiger partial charge is 0.502 e. The van der Waals surface area contributed by atoms with E-state index in [0.717, 1.165) is 64.5 Å². The van der Waals surface area contributed by atoms with E-state index >= 15 is 0 Å². The lowest BCUT2D eigenvalue weighted by Crippen LogP contribution is -2.47. The van der Waals surface area contributed by atoms with Gasteiger partial charge in [-0.1, -0.05) is 6.07 Å². The van der Waals surface area contributed by atoms with Crippen LogP contribution in [-0.2, 0) is 19.6 Å². The summed E-state index contributed by atoms with van der Waals surface area (Å²) in [5.74, 6) is 1.58. The molecule has 3 aromatic rings. The van der Waals surface area contributed by atoms with Crippen LogP contribution in [0.5, 0.6) is 11.5 Å². The van der Waals surface area contributed by atoms with Crippen molar-refractivity contribution in [3.63, 3.8) is 0 Å². The molecule has 2 atom stereocenters. The molecular formula is C30H35FN4O5. The van der Waals surface area contributed by atoms with Crippen LogP contribution in [-0.4, -0.2) is 76.8 Å². The summed E-state index contributed by atoms with van der Waals surface area (Å²) in [6.45, 7) is 7.72. The number of piperidine rings is 1. The van der Waals surface area contributed by atoms with Gasteiger partial charge in [0.25, 0.3) is 5.56 Å². The molecule has 3 aliphatic heterocycles. The number of aromatic hydroxyl groups is 1. The predicted molar refractivity (Wildman–Crippen MR) is 147 cm³/mol. The van der Waals surface area contributed by atoms with Crippen molar-refractivity contribution >= 4 is 0 Å². The second kappa shape index (κ2) is 11.6. The molecule has 1 aromatic carbocycles. The van der Waals surface area contributed by atoms with Gasteiger partial charge in [0.05, 0.1) is 13.1 Å². The molecule has 6 rings (SSSR count). The van der Waals surface area contributed by atoms with Crippen molar-refractivity contribution in [1.29, 1.82) is 0 Å². The van der Waals surface area contributed by atoms with E-state index in [9.17, 15) is 19.1 Å². The number of hydrogen-bond donors (Lipinski definition) is 1. The number of likely N-dealkylation sites (tertiary alicyclic amines) is 1. The van der Waals surface area contributed by atoms with Crippen molar-refractivity contribution in [3.8, 4) is 11.5 Å². The van der Waals surface area contributed by atoms with E-state index in [0.29, 0.717) is 42.9 Å². The zero-order chi connectivity index (χ0) is 27.6. The Kier molecular flexibility index (Phi) is 7.73. The van der Waals surface area contributed by atoms with Crippen molar-refractivity contribution in [2.45, 2.75) is 32.0 Å². The molecule has 2 unspecified atom stereocenters. The third-order valence-corrected chi connectivity index (χ3v) is 8.30. The molecular weight excluding hydrogens is 515 g/mol. The molecule has 2 fully saturated rings. The van der Waals surface area contributed by atoms with Gasteiger partial charge in [-0.05, 0) is 42.7 Å². The molecule has 3 aliphatic rings. The molecule has 0 spiro atoms. The maximum atomic E-state index is 13.0. The van der Waals surface area contributed by atoms with Crippen LogP contribution in [0.1, 0.15) is 29.6 Å². The fraction of sp³-hybridized carbons (Fsp3) is 0.467. The number of pyridine rings is 1. The van der Waals surface area contributed by atoms with E-state index in [1.807, 2.05) is 16.7 Å². The first-order chi connectivity index (χ1) is 19.4. The van der Waals surface area contributed by atoms with Gasteiger partial charge in [-0.2, -0.15) is 0 Å². The summed E-state index contributed by atoms with van der Waals surface area (Å²) in [6.07, 6.45) is 1.06. The van der Waals surface area contributed by atoms with Gasteiger partial charge in [0.2, 0.25) is 11.2 Å². The number of fused-ring (bicyclic) bond motifs is 4. The number of nitrogens with zero attached hydrogens (tertiary/aromatic N) is 4. The molecule has 9 nitrogen and oxygen atoms in total. The zero-order valence-electron chi connectivity index (χ0n) is 22.5. The minimum absolute atomic E-state index is 0.0639. The highest BCUT2D eigenvalue weighted by Crippen LogP contribution is 2.35. The number of ether oxygens (including phenoxy) is 1. The lowest BCUT2D eigenvalue weighted by Gasteiger charge is -2.42. The Balaban J connectivity index is 1.03. The lowest BCUT2D eigenvalue weighted by molar-refractivity contribution is 0.0975. The molecule has 0 amide bonds. The quantitative estimate of drug-likeness (QED) is 0.458. The summed E-state index contributed by atoms with van der Waals surface area (Å²) in [5, 5.41) is 10.5. The lowest BCUT2D eigenvalue weighted by atomic mass is 9.83. The monoisotopic (exact) mass is 550 g/mol. The first-order valence-corrected chi connectivity index (χ1v) is 14.0. The minimum atomic E-state index is -0.415. The summed E-state index contributed by atoms with van der Waals surface area (Å²) in [4.78, 5) is 31.7. The smallest absolute Gasteiger partial charge is 0.250 e. The molecule has 5 heterocycles. The Labute approximate surface area is 232 Å². The topological polar surface area (TPSA) is 91.4 Å². The van der Waals surface area contributed by atoms with Crippen molar-refractivity contribution in [2.24, 2.45) is 5.92 Å². The fourth-order valence-corrected chi connectivity index (χ4v) is 6.32. The first kappa shape index (κ1) is 26.7. The molecule has 212 valence electrons. The van der Waals surface area contributed by atoms with Crippen LogP contribution in [0.3, 0.4) is 0 Å². The second-order valence-corrected chi connectivity index (χ2v) is 11.2. The molecule has 2 bridgehead atoms. The Morgan fingerprint density at radius 3 is 2.50 bits per heavy atom. The van der Waals surface area contributed by atoms with Gasteiger partial charge in [0, 0.05) is 76.1 Å². The Bertz CT molecular complexity index is 1450. The average Bonchev–Trinajstić information content (AvgIpc) is 2.94. The van der Waals surface area contributed by atoms with E-state index in [1.54, 1.807) is 18.2 Å². The van der Waals surface area contributed by atoms with Crippen LogP contribution in [0, 0.1) is 11.7 Å². The Morgan fingerprint density at radius 1 is 0.925 bits per heavy atom. The van der Waals surface area contributed by atoms with Gasteiger partial charge in [0.15, 0.2) is 5.76 Å². The summed E-state index contributed by atoms with van der Waals surface area (Å²) < 4.78 is 26.8. The van der Waals surface area contributed by atoms with Gasteiger partial charge in [-0.15, -0.1) is 0 Å². The van der Waals surface area contributed by atoms with Gasteiger partial charge < -0.3 is 18.8 Å². The van der Waals surface area contributed by atoms with Gasteiger partial charge >= 0.3 is 0 Å². The Morgan fingerprint density at radius 2 is 1.70 bits per heavy atom. The highest BCUT2D eigenvalue weighted by Gasteiger charge is 2.34. The van der Waals surface area contributed by atoms with E-state index < -0.39 is 5.43 Å². The van der Waals surface area contributed by atoms with Crippen LogP contribution in [0.4, 0.5) is 4.39 Å². The van der Waals surface area contributed by atoms with Crippen LogP contribution < -0.4 is 15.7 Å². The molecule has 10 heteroatoms. The second-order valence-electron chi connectivity index (χ2n) is 11.2. The van der Waals surface area contributed by atoms with E-state index in [-0.39, 0.29) is 23.0 Å². The molecule has 1 N–H and O–H groups in total. The molecule has 2 aromatic heterocycles. The SMILES string of the molecule is O=c1cc(CN2CC3CC(C2)c2cccc(=O)n2C3)oc(CN2CCN(CCOc3ccc(F)cc3)CC2)c1O. The van der Waals surface area contributed by atoms with Crippen molar-refractivity contribution in [1.82, 2.24) is 19.3 Å². The fourth-order valence-electron chi connectivity index (χ4n) is 6.32. The summed E-state index contributed by atoms with van der Waals surface area (Å²) in [6, 6.07) is 12.9. The highest BCUT2D eigenvalue weighted by atomic mass is 19.1. The van der Waals surface area contributed by atoms with Gasteiger partial charge in [-0.25, -0.2) is 4.39 Å². The zero-order valence-corrected chi connectivity index (χ0v) is 22.5. The molecule has 40 heavy (non-hydrogen) atoms. The normalized spacial score (nSPS) is 21.7.